The van der Waals surface area contributed by atoms with Crippen LogP contribution in [-0.2, 0) is 4.79 Å². The molecule has 5 nitrogen and oxygen atoms in total. The van der Waals surface area contributed by atoms with E-state index in [1.807, 2.05) is 0 Å². The summed E-state index contributed by atoms with van der Waals surface area (Å²) in [5.74, 6) is -1.05. The molecule has 0 saturated carbocycles. The van der Waals surface area contributed by atoms with Crippen molar-refractivity contribution >= 4 is 12.0 Å². The number of aliphatic carboxylic acids is 1. The van der Waals surface area contributed by atoms with E-state index in [9.17, 15) is 9.90 Å². The fourth-order valence-corrected chi connectivity index (χ4v) is 1.21. The molecule has 0 amide bonds. The molecule has 5 heteroatoms. The van der Waals surface area contributed by atoms with Crippen molar-refractivity contribution in [2.24, 2.45) is 0 Å². The van der Waals surface area contributed by atoms with Gasteiger partial charge in [0.1, 0.15) is 5.75 Å². The number of hydrogen-bond acceptors (Lipinski definition) is 3. The zero-order valence-corrected chi connectivity index (χ0v) is 11.4. The normalized spacial score (nSPS) is 9.84. The Kier molecular flexibility index (Phi) is 8.91. The smallest absolute Gasteiger partial charge is 0.328 e. The van der Waals surface area contributed by atoms with Crippen molar-refractivity contribution in [2.75, 3.05) is 13.7 Å². The highest BCUT2D eigenvalue weighted by atomic mass is 16.5. The highest BCUT2D eigenvalue weighted by Crippen LogP contribution is 2.24. The van der Waals surface area contributed by atoms with Crippen molar-refractivity contribution in [3.05, 3.63) is 29.8 Å². The van der Waals surface area contributed by atoms with E-state index in [1.165, 1.54) is 44.2 Å². The summed E-state index contributed by atoms with van der Waals surface area (Å²) in [6, 6.07) is 4.35. The first-order valence-electron chi connectivity index (χ1n) is 6.10. The van der Waals surface area contributed by atoms with E-state index >= 15 is 0 Å². The number of carboxylic acids is 1. The minimum Gasteiger partial charge on any atom is -0.870 e. The van der Waals surface area contributed by atoms with Crippen LogP contribution in [0.2, 0.25) is 0 Å². The van der Waals surface area contributed by atoms with E-state index in [4.69, 9.17) is 9.84 Å². The molecular formula is C14H21NO4. The van der Waals surface area contributed by atoms with Crippen molar-refractivity contribution in [3.63, 3.8) is 0 Å². The SMILES string of the molecule is CCCC[NH3+].COc1cc(/C=C/C(=O)O)ccc1[O-]. The summed E-state index contributed by atoms with van der Waals surface area (Å²) in [6.45, 7) is 3.27. The summed E-state index contributed by atoms with van der Waals surface area (Å²) < 4.78 is 4.80. The largest absolute Gasteiger partial charge is 0.870 e. The summed E-state index contributed by atoms with van der Waals surface area (Å²) in [5.41, 5.74) is 4.29. The van der Waals surface area contributed by atoms with Crippen molar-refractivity contribution in [1.82, 2.24) is 0 Å². The molecular weight excluding hydrogens is 246 g/mol. The zero-order valence-electron chi connectivity index (χ0n) is 11.4. The van der Waals surface area contributed by atoms with E-state index in [0.717, 1.165) is 12.6 Å². The Morgan fingerprint density at radius 2 is 2.21 bits per heavy atom. The van der Waals surface area contributed by atoms with Gasteiger partial charge in [-0.1, -0.05) is 31.2 Å². The fraction of sp³-hybridized carbons (Fsp3) is 0.357. The summed E-state index contributed by atoms with van der Waals surface area (Å²) in [5, 5.41) is 19.5. The Morgan fingerprint density at radius 3 is 2.63 bits per heavy atom. The lowest BCUT2D eigenvalue weighted by Gasteiger charge is -2.11. The molecule has 0 bridgehead atoms. The van der Waals surface area contributed by atoms with Crippen LogP contribution in [0.5, 0.6) is 11.5 Å². The van der Waals surface area contributed by atoms with Crippen molar-refractivity contribution in [1.29, 1.82) is 0 Å². The van der Waals surface area contributed by atoms with Crippen LogP contribution in [-0.4, -0.2) is 24.7 Å². The van der Waals surface area contributed by atoms with Crippen LogP contribution in [0.25, 0.3) is 6.08 Å². The third kappa shape index (κ3) is 7.83. The molecule has 0 aromatic heterocycles. The molecule has 1 aromatic carbocycles. The molecule has 106 valence electrons. The number of rotatable bonds is 5. The summed E-state index contributed by atoms with van der Waals surface area (Å²) in [6.07, 6.45) is 4.95. The predicted octanol–water partition coefficient (Wildman–Crippen LogP) is 0.895. The van der Waals surface area contributed by atoms with Crippen LogP contribution in [0.4, 0.5) is 0 Å². The maximum atomic E-state index is 11.1. The van der Waals surface area contributed by atoms with Gasteiger partial charge in [0.15, 0.2) is 0 Å². The van der Waals surface area contributed by atoms with Crippen LogP contribution < -0.4 is 15.6 Å². The van der Waals surface area contributed by atoms with Gasteiger partial charge in [0.25, 0.3) is 0 Å². The molecule has 0 fully saturated rings. The quantitative estimate of drug-likeness (QED) is 0.774. The van der Waals surface area contributed by atoms with Gasteiger partial charge in [-0.15, -0.1) is 0 Å². The number of methoxy groups -OCH3 is 1. The monoisotopic (exact) mass is 267 g/mol. The molecule has 0 aliphatic rings. The molecule has 0 spiro atoms. The van der Waals surface area contributed by atoms with Crippen LogP contribution in [0.1, 0.15) is 25.3 Å². The van der Waals surface area contributed by atoms with E-state index in [0.29, 0.717) is 5.56 Å². The van der Waals surface area contributed by atoms with Crippen molar-refractivity contribution < 1.29 is 25.5 Å². The standard InChI is InChI=1S/C10H10O4.C4H11N/c1-14-9-6-7(2-4-8(9)11)3-5-10(12)13;1-2-3-4-5/h2-6,11H,1H3,(H,12,13);2-5H2,1H3/b5-3+;. The first-order valence-corrected chi connectivity index (χ1v) is 6.10. The lowest BCUT2D eigenvalue weighted by atomic mass is 10.2. The van der Waals surface area contributed by atoms with E-state index in [1.54, 1.807) is 0 Å². The van der Waals surface area contributed by atoms with E-state index < -0.39 is 5.97 Å². The molecule has 1 rings (SSSR count). The molecule has 0 saturated heterocycles. The van der Waals surface area contributed by atoms with Gasteiger partial charge < -0.3 is 20.7 Å². The van der Waals surface area contributed by atoms with Crippen molar-refractivity contribution in [2.45, 2.75) is 19.8 Å². The third-order valence-electron chi connectivity index (χ3n) is 2.21. The maximum absolute atomic E-state index is 11.1. The van der Waals surface area contributed by atoms with Gasteiger partial charge in [0.05, 0.1) is 13.7 Å². The second kappa shape index (κ2) is 9.96. The number of carboxylic acid groups (broad SMARTS) is 1. The molecule has 19 heavy (non-hydrogen) atoms. The Bertz CT molecular complexity index is 414. The van der Waals surface area contributed by atoms with Crippen LogP contribution >= 0.6 is 0 Å². The second-order valence-corrected chi connectivity index (χ2v) is 3.79. The first kappa shape index (κ1) is 17.0. The topological polar surface area (TPSA) is 97.2 Å². The van der Waals surface area contributed by atoms with Gasteiger partial charge in [0.2, 0.25) is 0 Å². The highest BCUT2D eigenvalue weighted by Gasteiger charge is 1.94. The number of carbonyl (C=O) groups is 1. The summed E-state index contributed by atoms with van der Waals surface area (Å²) >= 11 is 0. The molecule has 0 heterocycles. The minimum absolute atomic E-state index is 0.206. The summed E-state index contributed by atoms with van der Waals surface area (Å²) in [4.78, 5) is 10.2. The van der Waals surface area contributed by atoms with E-state index in [-0.39, 0.29) is 11.5 Å². The molecule has 4 N–H and O–H groups in total. The second-order valence-electron chi connectivity index (χ2n) is 3.79. The van der Waals surface area contributed by atoms with E-state index in [2.05, 4.69) is 12.7 Å². The minimum atomic E-state index is -1.03. The first-order chi connectivity index (χ1) is 9.04. The van der Waals surface area contributed by atoms with Gasteiger partial charge >= 0.3 is 5.97 Å². The number of unbranched alkanes of at least 4 members (excludes halogenated alkanes) is 1. The number of hydrogen-bond donors (Lipinski definition) is 2. The van der Waals surface area contributed by atoms with Crippen LogP contribution in [0.15, 0.2) is 24.3 Å². The van der Waals surface area contributed by atoms with Crippen LogP contribution in [0.3, 0.4) is 0 Å². The number of ether oxygens (including phenoxy) is 1. The average Bonchev–Trinajstić information content (AvgIpc) is 2.39. The molecule has 1 aromatic rings. The predicted molar refractivity (Wildman–Crippen MR) is 71.8 cm³/mol. The molecule has 0 radical (unpaired) electrons. The Hall–Kier alpha value is -2.01. The Labute approximate surface area is 113 Å². The Balaban J connectivity index is 0.000000555. The fourth-order valence-electron chi connectivity index (χ4n) is 1.21. The van der Waals surface area contributed by atoms with Gasteiger partial charge in [-0.3, -0.25) is 0 Å². The highest BCUT2D eigenvalue weighted by molar-refractivity contribution is 5.85. The zero-order chi connectivity index (χ0) is 14.7. The van der Waals surface area contributed by atoms with Gasteiger partial charge in [-0.25, -0.2) is 4.79 Å². The van der Waals surface area contributed by atoms with Gasteiger partial charge in [-0.2, -0.15) is 0 Å². The average molecular weight is 267 g/mol. The summed E-state index contributed by atoms with van der Waals surface area (Å²) in [7, 11) is 1.39. The number of quaternary nitrogens is 1. The molecule has 0 unspecified atom stereocenters. The number of benzene rings is 1. The third-order valence-corrected chi connectivity index (χ3v) is 2.21. The lowest BCUT2D eigenvalue weighted by Crippen LogP contribution is -2.49. The lowest BCUT2D eigenvalue weighted by molar-refractivity contribution is -0.368. The maximum Gasteiger partial charge on any atom is 0.328 e. The molecule has 0 aliphatic heterocycles. The van der Waals surface area contributed by atoms with Crippen molar-refractivity contribution in [3.8, 4) is 11.5 Å². The molecule has 0 atom stereocenters. The van der Waals surface area contributed by atoms with Gasteiger partial charge in [-0.05, 0) is 24.1 Å². The van der Waals surface area contributed by atoms with Crippen LogP contribution in [0, 0.1) is 0 Å². The Morgan fingerprint density at radius 1 is 1.53 bits per heavy atom. The molecule has 0 aliphatic carbocycles. The van der Waals surface area contributed by atoms with Gasteiger partial charge in [0, 0.05) is 6.08 Å².